The fourth-order valence-corrected chi connectivity index (χ4v) is 3.49. The monoisotopic (exact) mass is 407 g/mol. The molecule has 0 aliphatic carbocycles. The van der Waals surface area contributed by atoms with Gasteiger partial charge in [0.05, 0.1) is 37.0 Å². The molecule has 2 rings (SSSR count). The molecule has 27 heavy (non-hydrogen) atoms. The van der Waals surface area contributed by atoms with Crippen molar-refractivity contribution in [2.24, 2.45) is 0 Å². The van der Waals surface area contributed by atoms with E-state index in [1.165, 1.54) is 11.8 Å². The Hall–Kier alpha value is -2.18. The number of hydrogen-bond donors (Lipinski definition) is 1. The van der Waals surface area contributed by atoms with Crippen LogP contribution in [0.5, 0.6) is 5.75 Å². The number of rotatable bonds is 9. The number of nitrogens with one attached hydrogen (secondary N) is 1. The van der Waals surface area contributed by atoms with Gasteiger partial charge >= 0.3 is 5.97 Å². The molecule has 1 unspecified atom stereocenters. The third kappa shape index (κ3) is 6.81. The zero-order chi connectivity index (χ0) is 19.6. The highest BCUT2D eigenvalue weighted by Crippen LogP contribution is 2.27. The van der Waals surface area contributed by atoms with E-state index in [0.717, 1.165) is 10.5 Å². The van der Waals surface area contributed by atoms with Gasteiger partial charge in [-0.05, 0) is 36.8 Å². The number of methoxy groups -OCH3 is 1. The molecule has 0 aliphatic rings. The highest BCUT2D eigenvalue weighted by Gasteiger charge is 2.20. The average Bonchev–Trinajstić information content (AvgIpc) is 2.67. The number of halogens is 1. The Balaban J connectivity index is 2.07. The van der Waals surface area contributed by atoms with Crippen molar-refractivity contribution in [3.05, 3.63) is 59.1 Å². The van der Waals surface area contributed by atoms with Crippen molar-refractivity contribution >= 4 is 35.2 Å². The number of carbonyl (C=O) groups is 2. The Morgan fingerprint density at radius 2 is 1.96 bits per heavy atom. The molecule has 0 saturated carbocycles. The van der Waals surface area contributed by atoms with Gasteiger partial charge < -0.3 is 14.8 Å². The molecule has 1 N–H and O–H groups in total. The first-order valence-corrected chi connectivity index (χ1v) is 9.86. The number of esters is 1. The summed E-state index contributed by atoms with van der Waals surface area (Å²) >= 11 is 7.46. The first-order chi connectivity index (χ1) is 13.0. The Kier molecular flexibility index (Phi) is 8.48. The minimum absolute atomic E-state index is 0.0451. The maximum absolute atomic E-state index is 12.4. The summed E-state index contributed by atoms with van der Waals surface area (Å²) in [5.41, 5.74) is 0.776. The summed E-state index contributed by atoms with van der Waals surface area (Å²) in [5.74, 6) is 0.273. The molecular formula is C20H22ClNO4S. The molecule has 0 heterocycles. The second kappa shape index (κ2) is 10.8. The van der Waals surface area contributed by atoms with Gasteiger partial charge in [0.1, 0.15) is 5.75 Å². The summed E-state index contributed by atoms with van der Waals surface area (Å²) in [6, 6.07) is 14.1. The van der Waals surface area contributed by atoms with Crippen LogP contribution in [0.1, 0.15) is 24.9 Å². The summed E-state index contributed by atoms with van der Waals surface area (Å²) in [4.78, 5) is 25.2. The topological polar surface area (TPSA) is 64.6 Å². The third-order valence-corrected chi connectivity index (χ3v) is 5.22. The summed E-state index contributed by atoms with van der Waals surface area (Å²) in [7, 11) is 1.57. The maximum atomic E-state index is 12.4. The Labute approximate surface area is 168 Å². The molecular weight excluding hydrogens is 386 g/mol. The van der Waals surface area contributed by atoms with Crippen molar-refractivity contribution in [2.45, 2.75) is 24.3 Å². The first kappa shape index (κ1) is 21.1. The van der Waals surface area contributed by atoms with E-state index in [-0.39, 0.29) is 24.1 Å². The van der Waals surface area contributed by atoms with Crippen LogP contribution in [-0.2, 0) is 14.3 Å². The second-order valence-corrected chi connectivity index (χ2v) is 7.05. The van der Waals surface area contributed by atoms with E-state index in [9.17, 15) is 9.59 Å². The van der Waals surface area contributed by atoms with Gasteiger partial charge in [-0.25, -0.2) is 0 Å². The smallest absolute Gasteiger partial charge is 0.308 e. The lowest BCUT2D eigenvalue weighted by Gasteiger charge is -2.19. The Morgan fingerprint density at radius 3 is 2.67 bits per heavy atom. The number of thioether (sulfide) groups is 1. The van der Waals surface area contributed by atoms with Crippen LogP contribution >= 0.6 is 23.4 Å². The van der Waals surface area contributed by atoms with E-state index in [4.69, 9.17) is 21.1 Å². The normalized spacial score (nSPS) is 11.5. The number of carbonyl (C=O) groups excluding carboxylic acids is 2. The van der Waals surface area contributed by atoms with Crippen molar-refractivity contribution < 1.29 is 19.1 Å². The number of amides is 1. The Bertz CT molecular complexity index is 784. The molecule has 2 aromatic rings. The summed E-state index contributed by atoms with van der Waals surface area (Å²) in [6.07, 6.45) is 0.0451. The molecule has 2 aromatic carbocycles. The maximum Gasteiger partial charge on any atom is 0.308 e. The quantitative estimate of drug-likeness (QED) is 0.497. The largest absolute Gasteiger partial charge is 0.497 e. The van der Waals surface area contributed by atoms with E-state index < -0.39 is 6.04 Å². The van der Waals surface area contributed by atoms with Gasteiger partial charge in [-0.1, -0.05) is 35.9 Å². The minimum atomic E-state index is -0.501. The molecule has 5 nitrogen and oxygen atoms in total. The van der Waals surface area contributed by atoms with E-state index in [1.807, 2.05) is 30.3 Å². The molecule has 0 aromatic heterocycles. The molecule has 0 bridgehead atoms. The van der Waals surface area contributed by atoms with Gasteiger partial charge in [-0.15, -0.1) is 11.8 Å². The number of benzene rings is 2. The predicted molar refractivity (Wildman–Crippen MR) is 107 cm³/mol. The average molecular weight is 408 g/mol. The van der Waals surface area contributed by atoms with Crippen LogP contribution in [-0.4, -0.2) is 31.3 Å². The SMILES string of the molecule is CCOC(=O)CC(NC(=O)CSc1ccccc1Cl)c1cccc(OC)c1. The predicted octanol–water partition coefficient (Wildman–Crippen LogP) is 4.25. The molecule has 0 aliphatic heterocycles. The van der Waals surface area contributed by atoms with Crippen molar-refractivity contribution in [2.75, 3.05) is 19.5 Å². The van der Waals surface area contributed by atoms with E-state index >= 15 is 0 Å². The molecule has 1 amide bonds. The number of ether oxygens (including phenoxy) is 2. The second-order valence-electron chi connectivity index (χ2n) is 5.62. The van der Waals surface area contributed by atoms with Crippen molar-refractivity contribution in [1.82, 2.24) is 5.32 Å². The summed E-state index contributed by atoms with van der Waals surface area (Å²) in [6.45, 7) is 2.04. The zero-order valence-corrected chi connectivity index (χ0v) is 16.8. The lowest BCUT2D eigenvalue weighted by atomic mass is 10.0. The first-order valence-electron chi connectivity index (χ1n) is 8.49. The standard InChI is InChI=1S/C20H22ClNO4S/c1-3-26-20(24)12-17(14-7-6-8-15(11-14)25-2)22-19(23)13-27-18-10-5-4-9-16(18)21/h4-11,17H,3,12-13H2,1-2H3,(H,22,23). The van der Waals surface area contributed by atoms with Gasteiger partial charge in [0, 0.05) is 4.90 Å². The molecule has 0 fully saturated rings. The van der Waals surface area contributed by atoms with Crippen LogP contribution in [0.3, 0.4) is 0 Å². The van der Waals surface area contributed by atoms with Crippen molar-refractivity contribution in [1.29, 1.82) is 0 Å². The molecule has 0 saturated heterocycles. The van der Waals surface area contributed by atoms with Gasteiger partial charge in [0.25, 0.3) is 0 Å². The molecule has 144 valence electrons. The molecule has 0 radical (unpaired) electrons. The van der Waals surface area contributed by atoms with Crippen LogP contribution in [0.4, 0.5) is 0 Å². The van der Waals surface area contributed by atoms with Gasteiger partial charge in [-0.2, -0.15) is 0 Å². The highest BCUT2D eigenvalue weighted by atomic mass is 35.5. The van der Waals surface area contributed by atoms with Gasteiger partial charge in [-0.3, -0.25) is 9.59 Å². The zero-order valence-electron chi connectivity index (χ0n) is 15.2. The molecule has 7 heteroatoms. The highest BCUT2D eigenvalue weighted by molar-refractivity contribution is 8.00. The van der Waals surface area contributed by atoms with Crippen molar-refractivity contribution in [3.8, 4) is 5.75 Å². The molecule has 1 atom stereocenters. The van der Waals surface area contributed by atoms with Crippen LogP contribution < -0.4 is 10.1 Å². The van der Waals surface area contributed by atoms with E-state index in [2.05, 4.69) is 5.32 Å². The van der Waals surface area contributed by atoms with Crippen molar-refractivity contribution in [3.63, 3.8) is 0 Å². The van der Waals surface area contributed by atoms with Crippen LogP contribution in [0, 0.1) is 0 Å². The third-order valence-electron chi connectivity index (χ3n) is 3.70. The molecule has 0 spiro atoms. The van der Waals surface area contributed by atoms with Gasteiger partial charge in [0.15, 0.2) is 0 Å². The van der Waals surface area contributed by atoms with Crippen LogP contribution in [0.25, 0.3) is 0 Å². The van der Waals surface area contributed by atoms with E-state index in [1.54, 1.807) is 32.2 Å². The van der Waals surface area contributed by atoms with E-state index in [0.29, 0.717) is 17.4 Å². The number of hydrogen-bond acceptors (Lipinski definition) is 5. The lowest BCUT2D eigenvalue weighted by Crippen LogP contribution is -2.32. The fourth-order valence-electron chi connectivity index (χ4n) is 2.44. The summed E-state index contributed by atoms with van der Waals surface area (Å²) in [5, 5.41) is 3.51. The van der Waals surface area contributed by atoms with Crippen LogP contribution in [0.15, 0.2) is 53.4 Å². The Morgan fingerprint density at radius 1 is 1.19 bits per heavy atom. The fraction of sp³-hybridized carbons (Fsp3) is 0.300. The van der Waals surface area contributed by atoms with Gasteiger partial charge in [0.2, 0.25) is 5.91 Å². The summed E-state index contributed by atoms with van der Waals surface area (Å²) < 4.78 is 10.3. The lowest BCUT2D eigenvalue weighted by molar-refractivity contribution is -0.143. The van der Waals surface area contributed by atoms with Crippen LogP contribution in [0.2, 0.25) is 5.02 Å². The minimum Gasteiger partial charge on any atom is -0.497 e.